The van der Waals surface area contributed by atoms with Gasteiger partial charge in [0, 0.05) is 12.0 Å². The van der Waals surface area contributed by atoms with Crippen LogP contribution in [0.3, 0.4) is 0 Å². The molecule has 0 saturated carbocycles. The normalized spacial score (nSPS) is 13.9. The molecule has 5 aromatic rings. The van der Waals surface area contributed by atoms with Crippen molar-refractivity contribution in [2.45, 2.75) is 24.2 Å². The molecule has 0 aliphatic carbocycles. The number of hydrogen-bond acceptors (Lipinski definition) is 9. The van der Waals surface area contributed by atoms with Crippen molar-refractivity contribution in [3.05, 3.63) is 126 Å². The van der Waals surface area contributed by atoms with Crippen molar-refractivity contribution in [2.75, 3.05) is 27.1 Å². The number of benzene rings is 4. The first-order valence-corrected chi connectivity index (χ1v) is 16.2. The topological polar surface area (TPSA) is 120 Å². The lowest BCUT2D eigenvalue weighted by Crippen LogP contribution is -2.28. The molecular formula is C36H34N6O5S. The average molecular weight is 663 g/mol. The second-order valence-corrected chi connectivity index (χ2v) is 11.7. The van der Waals surface area contributed by atoms with Crippen LogP contribution in [0.5, 0.6) is 17.2 Å². The molecule has 0 spiro atoms. The summed E-state index contributed by atoms with van der Waals surface area (Å²) in [5.41, 5.74) is 3.87. The summed E-state index contributed by atoms with van der Waals surface area (Å²) in [6.45, 7) is 0.106. The van der Waals surface area contributed by atoms with Crippen molar-refractivity contribution in [1.82, 2.24) is 25.1 Å². The van der Waals surface area contributed by atoms with Crippen LogP contribution >= 0.6 is 11.8 Å². The standard InChI is InChI=1S/C36H34N6O5S/c1-45-27-17-13-24(14-18-27)29-21-31(25-15-19-28(46-2)20-16-25)42(40-29)34(43)23-48-36-39-38-33(22-37-35(44)26-9-5-4-6-10-26)41(36)30-11-7-8-12-32(30)47-3/h4-20,31H,21-23H2,1-3H3,(H,37,44). The number of amides is 2. The van der Waals surface area contributed by atoms with Crippen LogP contribution in [0.1, 0.15) is 39.8 Å². The average Bonchev–Trinajstić information content (AvgIpc) is 3.78. The second-order valence-electron chi connectivity index (χ2n) is 10.8. The van der Waals surface area contributed by atoms with E-state index in [4.69, 9.17) is 19.3 Å². The number of para-hydroxylation sites is 2. The fourth-order valence-electron chi connectivity index (χ4n) is 5.39. The smallest absolute Gasteiger partial charge is 0.253 e. The van der Waals surface area contributed by atoms with Crippen LogP contribution in [-0.2, 0) is 11.3 Å². The molecule has 0 fully saturated rings. The number of hydrazone groups is 1. The summed E-state index contributed by atoms with van der Waals surface area (Å²) in [4.78, 5) is 26.8. The van der Waals surface area contributed by atoms with Crippen molar-refractivity contribution < 1.29 is 23.8 Å². The molecule has 2 heterocycles. The van der Waals surface area contributed by atoms with Gasteiger partial charge in [-0.25, -0.2) is 5.01 Å². The van der Waals surface area contributed by atoms with Gasteiger partial charge in [-0.15, -0.1) is 10.2 Å². The molecule has 48 heavy (non-hydrogen) atoms. The summed E-state index contributed by atoms with van der Waals surface area (Å²) in [7, 11) is 4.83. The van der Waals surface area contributed by atoms with Crippen molar-refractivity contribution in [2.24, 2.45) is 5.10 Å². The number of rotatable bonds is 12. The number of thioether (sulfide) groups is 1. The van der Waals surface area contributed by atoms with E-state index in [0.717, 1.165) is 28.3 Å². The third-order valence-corrected chi connectivity index (χ3v) is 8.80. The Labute approximate surface area is 282 Å². The Morgan fingerprint density at radius 3 is 2.17 bits per heavy atom. The fourth-order valence-corrected chi connectivity index (χ4v) is 6.21. The molecule has 0 radical (unpaired) electrons. The first-order chi connectivity index (χ1) is 23.5. The maximum atomic E-state index is 14.0. The summed E-state index contributed by atoms with van der Waals surface area (Å²) in [6, 6.07) is 31.4. The molecule has 1 atom stereocenters. The zero-order chi connectivity index (χ0) is 33.5. The van der Waals surface area contributed by atoms with Gasteiger partial charge >= 0.3 is 0 Å². The molecule has 0 bridgehead atoms. The summed E-state index contributed by atoms with van der Waals surface area (Å²) in [5.74, 6) is 2.15. The highest BCUT2D eigenvalue weighted by atomic mass is 32.2. The lowest BCUT2D eigenvalue weighted by molar-refractivity contribution is -0.130. The van der Waals surface area contributed by atoms with Crippen LogP contribution < -0.4 is 19.5 Å². The Morgan fingerprint density at radius 1 is 0.812 bits per heavy atom. The van der Waals surface area contributed by atoms with Gasteiger partial charge in [-0.1, -0.05) is 54.2 Å². The predicted molar refractivity (Wildman–Crippen MR) is 183 cm³/mol. The molecule has 1 aliphatic heterocycles. The van der Waals surface area contributed by atoms with E-state index in [1.54, 1.807) is 43.0 Å². The minimum Gasteiger partial charge on any atom is -0.497 e. The zero-order valence-electron chi connectivity index (χ0n) is 26.7. The largest absolute Gasteiger partial charge is 0.497 e. The molecule has 6 rings (SSSR count). The SMILES string of the molecule is COc1ccc(C2=NN(C(=O)CSc3nnc(CNC(=O)c4ccccc4)n3-c3ccccc3OC)C(c3ccc(OC)cc3)C2)cc1. The van der Waals surface area contributed by atoms with Crippen LogP contribution in [0.4, 0.5) is 0 Å². The van der Waals surface area contributed by atoms with Gasteiger partial charge in [-0.3, -0.25) is 14.2 Å². The number of hydrogen-bond donors (Lipinski definition) is 1. The van der Waals surface area contributed by atoms with Crippen LogP contribution in [0.25, 0.3) is 5.69 Å². The summed E-state index contributed by atoms with van der Waals surface area (Å²) in [5, 5.41) is 18.6. The Balaban J connectivity index is 1.27. The van der Waals surface area contributed by atoms with E-state index in [1.807, 2.05) is 91.0 Å². The first-order valence-electron chi connectivity index (χ1n) is 15.2. The monoisotopic (exact) mass is 662 g/mol. The van der Waals surface area contributed by atoms with Crippen LogP contribution in [0.2, 0.25) is 0 Å². The molecule has 1 aromatic heterocycles. The van der Waals surface area contributed by atoms with E-state index < -0.39 is 0 Å². The van der Waals surface area contributed by atoms with E-state index in [9.17, 15) is 9.59 Å². The third-order valence-electron chi connectivity index (χ3n) is 7.88. The third kappa shape index (κ3) is 7.03. The Bertz CT molecular complexity index is 1910. The highest BCUT2D eigenvalue weighted by Gasteiger charge is 2.33. The van der Waals surface area contributed by atoms with E-state index in [2.05, 4.69) is 15.5 Å². The van der Waals surface area contributed by atoms with Crippen LogP contribution in [0.15, 0.2) is 113 Å². The van der Waals surface area contributed by atoms with Gasteiger partial charge in [0.25, 0.3) is 11.8 Å². The van der Waals surface area contributed by atoms with Crippen LogP contribution in [-0.4, -0.2) is 64.4 Å². The minimum atomic E-state index is -0.308. The van der Waals surface area contributed by atoms with E-state index in [0.29, 0.717) is 34.4 Å². The van der Waals surface area contributed by atoms with Gasteiger partial charge in [0.15, 0.2) is 11.0 Å². The Kier molecular flexibility index (Phi) is 10.0. The predicted octanol–water partition coefficient (Wildman–Crippen LogP) is 5.69. The maximum absolute atomic E-state index is 14.0. The van der Waals surface area contributed by atoms with E-state index in [1.165, 1.54) is 11.8 Å². The minimum absolute atomic E-state index is 0.0374. The number of carbonyl (C=O) groups is 2. The fraction of sp³-hybridized carbons (Fsp3) is 0.194. The van der Waals surface area contributed by atoms with Crippen molar-refractivity contribution in [3.8, 4) is 22.9 Å². The van der Waals surface area contributed by atoms with Gasteiger partial charge in [-0.2, -0.15) is 5.10 Å². The van der Waals surface area contributed by atoms with Crippen molar-refractivity contribution in [1.29, 1.82) is 0 Å². The number of carbonyl (C=O) groups excluding carboxylic acids is 2. The molecule has 1 N–H and O–H groups in total. The molecule has 0 saturated heterocycles. The summed E-state index contributed by atoms with van der Waals surface area (Å²) >= 11 is 1.24. The first kappa shape index (κ1) is 32.3. The van der Waals surface area contributed by atoms with Gasteiger partial charge in [-0.05, 0) is 71.8 Å². The van der Waals surface area contributed by atoms with E-state index in [-0.39, 0.29) is 30.2 Å². The van der Waals surface area contributed by atoms with Crippen molar-refractivity contribution >= 4 is 29.3 Å². The molecule has 244 valence electrons. The van der Waals surface area contributed by atoms with Gasteiger partial charge in [0.1, 0.15) is 17.2 Å². The van der Waals surface area contributed by atoms with Gasteiger partial charge in [0.05, 0.1) is 51.1 Å². The van der Waals surface area contributed by atoms with Crippen LogP contribution in [0, 0.1) is 0 Å². The van der Waals surface area contributed by atoms with E-state index >= 15 is 0 Å². The molecule has 4 aromatic carbocycles. The van der Waals surface area contributed by atoms with Gasteiger partial charge in [0.2, 0.25) is 0 Å². The Hall–Kier alpha value is -5.62. The molecule has 1 aliphatic rings. The summed E-state index contributed by atoms with van der Waals surface area (Å²) < 4.78 is 18.1. The number of methoxy groups -OCH3 is 3. The highest BCUT2D eigenvalue weighted by Crippen LogP contribution is 2.35. The Morgan fingerprint density at radius 2 is 1.48 bits per heavy atom. The summed E-state index contributed by atoms with van der Waals surface area (Å²) in [6.07, 6.45) is 0.539. The number of ether oxygens (including phenoxy) is 3. The molecule has 2 amide bonds. The lowest BCUT2D eigenvalue weighted by atomic mass is 9.98. The lowest BCUT2D eigenvalue weighted by Gasteiger charge is -2.22. The molecule has 12 heteroatoms. The molecule has 1 unspecified atom stereocenters. The quantitative estimate of drug-likeness (QED) is 0.169. The maximum Gasteiger partial charge on any atom is 0.253 e. The zero-order valence-corrected chi connectivity index (χ0v) is 27.5. The number of nitrogens with one attached hydrogen (secondary N) is 1. The van der Waals surface area contributed by atoms with Gasteiger partial charge < -0.3 is 19.5 Å². The number of nitrogens with zero attached hydrogens (tertiary/aromatic N) is 5. The highest BCUT2D eigenvalue weighted by molar-refractivity contribution is 7.99. The second kappa shape index (κ2) is 14.9. The van der Waals surface area contributed by atoms with Crippen molar-refractivity contribution in [3.63, 3.8) is 0 Å². The number of aromatic nitrogens is 3. The molecular weight excluding hydrogens is 629 g/mol. The molecule has 11 nitrogen and oxygen atoms in total.